The summed E-state index contributed by atoms with van der Waals surface area (Å²) >= 11 is 0. The van der Waals surface area contributed by atoms with Crippen LogP contribution in [0.3, 0.4) is 0 Å². The van der Waals surface area contributed by atoms with E-state index >= 15 is 0 Å². The molecular formula is C16H17N3O2. The van der Waals surface area contributed by atoms with Crippen LogP contribution in [0.5, 0.6) is 0 Å². The smallest absolute Gasteiger partial charge is 0.249 e. The van der Waals surface area contributed by atoms with Gasteiger partial charge < -0.3 is 16.4 Å². The standard InChI is InChI=1S/C16H17N3O2/c1-11(20)19-14-7-4-6-13(9-14)18-10-12-5-2-3-8-15(12)16(17)21/h2-9,18H,10H2,1H3,(H2,17,21)(H,19,20). The van der Waals surface area contributed by atoms with Crippen molar-refractivity contribution in [2.24, 2.45) is 5.73 Å². The first-order chi connectivity index (χ1) is 10.1. The van der Waals surface area contributed by atoms with E-state index in [4.69, 9.17) is 5.73 Å². The Morgan fingerprint density at radius 1 is 1.05 bits per heavy atom. The van der Waals surface area contributed by atoms with Crippen LogP contribution in [0.4, 0.5) is 11.4 Å². The molecular weight excluding hydrogens is 266 g/mol. The number of nitrogens with one attached hydrogen (secondary N) is 2. The first-order valence-corrected chi connectivity index (χ1v) is 6.55. The number of amides is 2. The predicted molar refractivity (Wildman–Crippen MR) is 83.0 cm³/mol. The van der Waals surface area contributed by atoms with Crippen molar-refractivity contribution in [2.75, 3.05) is 10.6 Å². The Bertz CT molecular complexity index is 668. The number of nitrogens with two attached hydrogens (primary N) is 1. The van der Waals surface area contributed by atoms with E-state index in [1.54, 1.807) is 12.1 Å². The van der Waals surface area contributed by atoms with Gasteiger partial charge in [0, 0.05) is 30.4 Å². The van der Waals surface area contributed by atoms with Crippen LogP contribution < -0.4 is 16.4 Å². The third kappa shape index (κ3) is 4.07. The van der Waals surface area contributed by atoms with Gasteiger partial charge in [-0.05, 0) is 29.8 Å². The molecule has 0 atom stereocenters. The topological polar surface area (TPSA) is 84.2 Å². The molecule has 0 aromatic heterocycles. The number of rotatable bonds is 5. The zero-order valence-corrected chi connectivity index (χ0v) is 11.7. The van der Waals surface area contributed by atoms with E-state index in [1.807, 2.05) is 36.4 Å². The van der Waals surface area contributed by atoms with E-state index in [0.29, 0.717) is 12.1 Å². The first-order valence-electron chi connectivity index (χ1n) is 6.55. The first kappa shape index (κ1) is 14.6. The molecule has 0 aliphatic rings. The van der Waals surface area contributed by atoms with Crippen LogP contribution in [-0.4, -0.2) is 11.8 Å². The zero-order valence-electron chi connectivity index (χ0n) is 11.7. The third-order valence-electron chi connectivity index (χ3n) is 2.95. The van der Waals surface area contributed by atoms with Gasteiger partial charge in [-0.1, -0.05) is 24.3 Å². The molecule has 2 aromatic carbocycles. The van der Waals surface area contributed by atoms with Crippen molar-refractivity contribution in [3.05, 3.63) is 59.7 Å². The Kier molecular flexibility index (Phi) is 4.56. The average molecular weight is 283 g/mol. The van der Waals surface area contributed by atoms with E-state index < -0.39 is 5.91 Å². The molecule has 0 bridgehead atoms. The summed E-state index contributed by atoms with van der Waals surface area (Å²) in [5.74, 6) is -0.564. The van der Waals surface area contributed by atoms with Crippen LogP contribution in [0.25, 0.3) is 0 Å². The molecule has 2 aromatic rings. The maximum absolute atomic E-state index is 11.4. The number of anilines is 2. The number of hydrogen-bond acceptors (Lipinski definition) is 3. The van der Waals surface area contributed by atoms with Crippen molar-refractivity contribution in [2.45, 2.75) is 13.5 Å². The van der Waals surface area contributed by atoms with E-state index in [9.17, 15) is 9.59 Å². The highest BCUT2D eigenvalue weighted by Crippen LogP contribution is 2.17. The van der Waals surface area contributed by atoms with Crippen molar-refractivity contribution >= 4 is 23.2 Å². The van der Waals surface area contributed by atoms with E-state index in [0.717, 1.165) is 16.9 Å². The quantitative estimate of drug-likeness (QED) is 0.787. The molecule has 0 saturated carbocycles. The van der Waals surface area contributed by atoms with Crippen molar-refractivity contribution in [3.8, 4) is 0 Å². The third-order valence-corrected chi connectivity index (χ3v) is 2.95. The van der Waals surface area contributed by atoms with Gasteiger partial charge in [0.15, 0.2) is 0 Å². The van der Waals surface area contributed by atoms with Crippen LogP contribution in [0.2, 0.25) is 0 Å². The van der Waals surface area contributed by atoms with Crippen molar-refractivity contribution in [1.29, 1.82) is 0 Å². The van der Waals surface area contributed by atoms with Gasteiger partial charge in [-0.3, -0.25) is 9.59 Å². The molecule has 2 rings (SSSR count). The fourth-order valence-electron chi connectivity index (χ4n) is 2.02. The van der Waals surface area contributed by atoms with Crippen LogP contribution in [0.15, 0.2) is 48.5 Å². The molecule has 0 radical (unpaired) electrons. The molecule has 0 aliphatic heterocycles. The van der Waals surface area contributed by atoms with Gasteiger partial charge >= 0.3 is 0 Å². The summed E-state index contributed by atoms with van der Waals surface area (Å²) in [6, 6.07) is 14.6. The highest BCUT2D eigenvalue weighted by atomic mass is 16.1. The molecule has 108 valence electrons. The Balaban J connectivity index is 2.10. The lowest BCUT2D eigenvalue weighted by atomic mass is 10.1. The van der Waals surface area contributed by atoms with E-state index in [1.165, 1.54) is 6.92 Å². The fraction of sp³-hybridized carbons (Fsp3) is 0.125. The van der Waals surface area contributed by atoms with Crippen molar-refractivity contribution < 1.29 is 9.59 Å². The highest BCUT2D eigenvalue weighted by molar-refractivity contribution is 5.94. The van der Waals surface area contributed by atoms with Crippen LogP contribution in [0.1, 0.15) is 22.8 Å². The van der Waals surface area contributed by atoms with Crippen LogP contribution >= 0.6 is 0 Å². The summed E-state index contributed by atoms with van der Waals surface area (Å²) in [6.45, 7) is 1.94. The monoisotopic (exact) mass is 283 g/mol. The number of benzene rings is 2. The average Bonchev–Trinajstić information content (AvgIpc) is 2.45. The second-order valence-corrected chi connectivity index (χ2v) is 4.64. The van der Waals surface area contributed by atoms with Crippen molar-refractivity contribution in [3.63, 3.8) is 0 Å². The van der Waals surface area contributed by atoms with Gasteiger partial charge in [-0.15, -0.1) is 0 Å². The van der Waals surface area contributed by atoms with Gasteiger partial charge in [-0.2, -0.15) is 0 Å². The van der Waals surface area contributed by atoms with E-state index in [-0.39, 0.29) is 5.91 Å². The maximum atomic E-state index is 11.4. The summed E-state index contributed by atoms with van der Waals surface area (Å²) in [5.41, 5.74) is 8.25. The number of carbonyl (C=O) groups excluding carboxylic acids is 2. The Hall–Kier alpha value is -2.82. The molecule has 2 amide bonds. The van der Waals surface area contributed by atoms with Gasteiger partial charge in [0.25, 0.3) is 0 Å². The van der Waals surface area contributed by atoms with Crippen molar-refractivity contribution in [1.82, 2.24) is 0 Å². The lowest BCUT2D eigenvalue weighted by molar-refractivity contribution is -0.114. The van der Waals surface area contributed by atoms with Gasteiger partial charge in [0.05, 0.1) is 0 Å². The lowest BCUT2D eigenvalue weighted by Crippen LogP contribution is -2.15. The van der Waals surface area contributed by atoms with Crippen LogP contribution in [-0.2, 0) is 11.3 Å². The summed E-state index contributed by atoms with van der Waals surface area (Å²) in [5, 5.41) is 5.93. The summed E-state index contributed by atoms with van der Waals surface area (Å²) in [6.07, 6.45) is 0. The molecule has 5 heteroatoms. The second kappa shape index (κ2) is 6.56. The summed E-state index contributed by atoms with van der Waals surface area (Å²) in [4.78, 5) is 22.4. The normalized spacial score (nSPS) is 9.95. The molecule has 0 heterocycles. The molecule has 5 nitrogen and oxygen atoms in total. The Morgan fingerprint density at radius 3 is 2.48 bits per heavy atom. The van der Waals surface area contributed by atoms with Gasteiger partial charge in [0.2, 0.25) is 11.8 Å². The number of carbonyl (C=O) groups is 2. The minimum Gasteiger partial charge on any atom is -0.381 e. The molecule has 0 unspecified atom stereocenters. The molecule has 4 N–H and O–H groups in total. The SMILES string of the molecule is CC(=O)Nc1cccc(NCc2ccccc2C(N)=O)c1. The summed E-state index contributed by atoms with van der Waals surface area (Å²) in [7, 11) is 0. The second-order valence-electron chi connectivity index (χ2n) is 4.64. The van der Waals surface area contributed by atoms with Crippen LogP contribution in [0, 0.1) is 0 Å². The molecule has 0 spiro atoms. The largest absolute Gasteiger partial charge is 0.381 e. The molecule has 0 fully saturated rings. The minimum atomic E-state index is -0.445. The summed E-state index contributed by atoms with van der Waals surface area (Å²) < 4.78 is 0. The highest BCUT2D eigenvalue weighted by Gasteiger charge is 2.06. The minimum absolute atomic E-state index is 0.119. The Morgan fingerprint density at radius 2 is 1.76 bits per heavy atom. The Labute approximate surface area is 123 Å². The predicted octanol–water partition coefficient (Wildman–Crippen LogP) is 2.36. The lowest BCUT2D eigenvalue weighted by Gasteiger charge is -2.11. The van der Waals surface area contributed by atoms with E-state index in [2.05, 4.69) is 10.6 Å². The van der Waals surface area contributed by atoms with Gasteiger partial charge in [-0.25, -0.2) is 0 Å². The maximum Gasteiger partial charge on any atom is 0.249 e. The zero-order chi connectivity index (χ0) is 15.2. The molecule has 21 heavy (non-hydrogen) atoms. The fourth-order valence-corrected chi connectivity index (χ4v) is 2.02. The molecule has 0 aliphatic carbocycles. The number of hydrogen-bond donors (Lipinski definition) is 3. The molecule has 0 saturated heterocycles. The number of primary amides is 1. The van der Waals surface area contributed by atoms with Gasteiger partial charge in [0.1, 0.15) is 0 Å².